The van der Waals surface area contributed by atoms with Crippen LogP contribution in [0.15, 0.2) is 18.2 Å². The molecule has 4 nitrogen and oxygen atoms in total. The van der Waals surface area contributed by atoms with E-state index in [0.717, 1.165) is 12.8 Å². The van der Waals surface area contributed by atoms with E-state index in [2.05, 4.69) is 11.6 Å². The van der Waals surface area contributed by atoms with Crippen LogP contribution in [0.5, 0.6) is 5.75 Å². The van der Waals surface area contributed by atoms with Gasteiger partial charge >= 0.3 is 0 Å². The molecule has 0 radical (unpaired) electrons. The molecule has 2 N–H and O–H groups in total. The normalized spacial score (nSPS) is 11.6. The molecule has 0 bridgehead atoms. The van der Waals surface area contributed by atoms with E-state index in [4.69, 9.17) is 11.6 Å². The molecule has 0 aromatic heterocycles. The summed E-state index contributed by atoms with van der Waals surface area (Å²) in [5.41, 5.74) is 0.134. The molecular weight excluding hydrogens is 346 g/mol. The summed E-state index contributed by atoms with van der Waals surface area (Å²) in [5.74, 6) is -0.0545. The maximum Gasteiger partial charge on any atom is 0.232 e. The Kier molecular flexibility index (Phi) is 10.2. The van der Waals surface area contributed by atoms with Crippen LogP contribution in [0.2, 0.25) is 5.02 Å². The van der Waals surface area contributed by atoms with Crippen LogP contribution in [0.3, 0.4) is 0 Å². The number of hydrogen-bond acceptors (Lipinski definition) is 3. The van der Waals surface area contributed by atoms with Gasteiger partial charge in [0, 0.05) is 5.02 Å². The summed E-state index contributed by atoms with van der Waals surface area (Å²) in [6, 6.07) is 4.30. The number of benzene rings is 1. The smallest absolute Gasteiger partial charge is 0.232 e. The molecule has 24 heavy (non-hydrogen) atoms. The fourth-order valence-electron chi connectivity index (χ4n) is 2.59. The summed E-state index contributed by atoms with van der Waals surface area (Å²) in [4.78, 5) is 0. The Bertz CT molecular complexity index is 576. The van der Waals surface area contributed by atoms with E-state index in [-0.39, 0.29) is 17.2 Å². The van der Waals surface area contributed by atoms with Crippen molar-refractivity contribution in [1.82, 2.24) is 0 Å². The van der Waals surface area contributed by atoms with Crippen molar-refractivity contribution in [2.24, 2.45) is 0 Å². The van der Waals surface area contributed by atoms with Gasteiger partial charge in [0.1, 0.15) is 5.75 Å². The highest BCUT2D eigenvalue weighted by atomic mass is 35.5. The number of unbranched alkanes of at least 4 members (excludes halogenated alkanes) is 9. The van der Waals surface area contributed by atoms with Gasteiger partial charge in [-0.1, -0.05) is 76.3 Å². The third-order valence-electron chi connectivity index (χ3n) is 3.99. The van der Waals surface area contributed by atoms with E-state index in [1.165, 1.54) is 63.1 Å². The first-order chi connectivity index (χ1) is 11.4. The Labute approximate surface area is 151 Å². The van der Waals surface area contributed by atoms with Gasteiger partial charge in [-0.2, -0.15) is 0 Å². The van der Waals surface area contributed by atoms with Gasteiger partial charge in [0.15, 0.2) is 0 Å². The zero-order valence-corrected chi connectivity index (χ0v) is 16.1. The van der Waals surface area contributed by atoms with E-state index in [1.54, 1.807) is 0 Å². The third-order valence-corrected chi connectivity index (χ3v) is 5.58. The first-order valence-electron chi connectivity index (χ1n) is 8.93. The molecule has 0 atom stereocenters. The van der Waals surface area contributed by atoms with Crippen molar-refractivity contribution in [3.05, 3.63) is 23.2 Å². The summed E-state index contributed by atoms with van der Waals surface area (Å²) in [5, 5.41) is 10.0. The van der Waals surface area contributed by atoms with Crippen LogP contribution in [0.25, 0.3) is 0 Å². The van der Waals surface area contributed by atoms with Gasteiger partial charge < -0.3 is 5.11 Å². The second-order valence-electron chi connectivity index (χ2n) is 6.26. The minimum Gasteiger partial charge on any atom is -0.506 e. The van der Waals surface area contributed by atoms with Crippen LogP contribution in [-0.4, -0.2) is 19.3 Å². The summed E-state index contributed by atoms with van der Waals surface area (Å²) < 4.78 is 26.5. The van der Waals surface area contributed by atoms with E-state index in [1.807, 2.05) is 0 Å². The second-order valence-corrected chi connectivity index (χ2v) is 8.54. The Hall–Kier alpha value is -0.940. The van der Waals surface area contributed by atoms with E-state index in [9.17, 15) is 13.5 Å². The molecular formula is C18H30ClNO3S. The maximum atomic E-state index is 12.0. The largest absolute Gasteiger partial charge is 0.506 e. The number of hydrogen-bond donors (Lipinski definition) is 2. The lowest BCUT2D eigenvalue weighted by molar-refractivity contribution is 0.477. The highest BCUT2D eigenvalue weighted by Gasteiger charge is 2.13. The van der Waals surface area contributed by atoms with Crippen molar-refractivity contribution in [2.75, 3.05) is 10.5 Å². The molecule has 1 aromatic rings. The van der Waals surface area contributed by atoms with Crippen LogP contribution in [0.1, 0.15) is 71.1 Å². The van der Waals surface area contributed by atoms with Gasteiger partial charge in [0.2, 0.25) is 10.0 Å². The fraction of sp³-hybridized carbons (Fsp3) is 0.667. The molecule has 0 aliphatic rings. The topological polar surface area (TPSA) is 66.4 Å². The highest BCUT2D eigenvalue weighted by molar-refractivity contribution is 7.92. The predicted molar refractivity (Wildman–Crippen MR) is 102 cm³/mol. The van der Waals surface area contributed by atoms with Crippen molar-refractivity contribution < 1.29 is 13.5 Å². The first kappa shape index (κ1) is 21.1. The van der Waals surface area contributed by atoms with Gasteiger partial charge in [0.05, 0.1) is 11.4 Å². The number of sulfonamides is 1. The molecule has 0 fully saturated rings. The number of phenols is 1. The molecule has 0 saturated heterocycles. The second kappa shape index (κ2) is 11.6. The average molecular weight is 376 g/mol. The molecule has 0 aliphatic carbocycles. The van der Waals surface area contributed by atoms with Gasteiger partial charge in [-0.15, -0.1) is 0 Å². The molecule has 0 saturated carbocycles. The standard InChI is InChI=1S/C18H30ClNO3S/c1-2-3-4-5-6-7-8-9-10-11-14-24(22,23)20-17-15-16(19)12-13-18(17)21/h12-13,15,20-21H,2-11,14H2,1H3. The molecule has 138 valence electrons. The van der Waals surface area contributed by atoms with Crippen molar-refractivity contribution in [3.63, 3.8) is 0 Å². The summed E-state index contributed by atoms with van der Waals surface area (Å²) in [6.45, 7) is 2.22. The highest BCUT2D eigenvalue weighted by Crippen LogP contribution is 2.27. The minimum absolute atomic E-state index is 0.0649. The molecule has 6 heteroatoms. The average Bonchev–Trinajstić information content (AvgIpc) is 2.52. The zero-order valence-electron chi connectivity index (χ0n) is 14.6. The number of phenolic OH excluding ortho intramolecular Hbond substituents is 1. The molecule has 0 aliphatic heterocycles. The molecule has 0 heterocycles. The lowest BCUT2D eigenvalue weighted by atomic mass is 10.1. The lowest BCUT2D eigenvalue weighted by Gasteiger charge is -2.10. The Morgan fingerprint density at radius 2 is 1.50 bits per heavy atom. The summed E-state index contributed by atoms with van der Waals surface area (Å²) in [7, 11) is -3.45. The van der Waals surface area contributed by atoms with Crippen LogP contribution in [-0.2, 0) is 10.0 Å². The SMILES string of the molecule is CCCCCCCCCCCCS(=O)(=O)Nc1cc(Cl)ccc1O. The van der Waals surface area contributed by atoms with Gasteiger partial charge in [-0.25, -0.2) is 8.42 Å². The summed E-state index contributed by atoms with van der Waals surface area (Å²) >= 11 is 5.81. The Morgan fingerprint density at radius 3 is 2.08 bits per heavy atom. The molecule has 1 rings (SSSR count). The maximum absolute atomic E-state index is 12.0. The van der Waals surface area contributed by atoms with Gasteiger partial charge in [-0.05, 0) is 24.6 Å². The fourth-order valence-corrected chi connectivity index (χ4v) is 3.94. The van der Waals surface area contributed by atoms with Crippen molar-refractivity contribution >= 4 is 27.3 Å². The molecule has 0 spiro atoms. The number of nitrogens with one attached hydrogen (secondary N) is 1. The molecule has 0 unspecified atom stereocenters. The van der Waals surface area contributed by atoms with Crippen LogP contribution >= 0.6 is 11.6 Å². The Balaban J connectivity index is 2.16. The van der Waals surface area contributed by atoms with Crippen LogP contribution in [0.4, 0.5) is 5.69 Å². The third kappa shape index (κ3) is 9.38. The minimum atomic E-state index is -3.45. The van der Waals surface area contributed by atoms with Crippen molar-refractivity contribution in [2.45, 2.75) is 71.1 Å². The van der Waals surface area contributed by atoms with E-state index < -0.39 is 10.0 Å². The Morgan fingerprint density at radius 1 is 0.958 bits per heavy atom. The number of rotatable bonds is 13. The van der Waals surface area contributed by atoms with Crippen LogP contribution < -0.4 is 4.72 Å². The molecule has 0 amide bonds. The zero-order chi connectivity index (χ0) is 17.8. The number of halogens is 1. The first-order valence-corrected chi connectivity index (χ1v) is 11.0. The quantitative estimate of drug-likeness (QED) is 0.343. The lowest BCUT2D eigenvalue weighted by Crippen LogP contribution is -2.16. The predicted octanol–water partition coefficient (Wildman–Crippen LogP) is 5.71. The molecule has 1 aromatic carbocycles. The van der Waals surface area contributed by atoms with E-state index in [0.29, 0.717) is 11.4 Å². The van der Waals surface area contributed by atoms with Crippen LogP contribution in [0, 0.1) is 0 Å². The van der Waals surface area contributed by atoms with Gasteiger partial charge in [-0.3, -0.25) is 4.72 Å². The van der Waals surface area contributed by atoms with Crippen molar-refractivity contribution in [1.29, 1.82) is 0 Å². The number of aromatic hydroxyl groups is 1. The van der Waals surface area contributed by atoms with Crippen molar-refractivity contribution in [3.8, 4) is 5.75 Å². The monoisotopic (exact) mass is 375 g/mol. The summed E-state index contributed by atoms with van der Waals surface area (Å²) in [6.07, 6.45) is 11.6. The van der Waals surface area contributed by atoms with Gasteiger partial charge in [0.25, 0.3) is 0 Å². The van der Waals surface area contributed by atoms with E-state index >= 15 is 0 Å². The number of anilines is 1.